The minimum Gasteiger partial charge on any atom is -0.375 e. The highest BCUT2D eigenvalue weighted by atomic mass is 32.1. The first-order chi connectivity index (χ1) is 6.16. The topological polar surface area (TPSA) is 55.0 Å². The third-order valence-corrected chi connectivity index (χ3v) is 2.51. The summed E-state index contributed by atoms with van der Waals surface area (Å²) >= 11 is 1.41. The van der Waals surface area contributed by atoms with Gasteiger partial charge in [0.05, 0.1) is 0 Å². The molecular weight excluding hydrogens is 184 g/mol. The second kappa shape index (κ2) is 2.85. The summed E-state index contributed by atoms with van der Waals surface area (Å²) in [5.41, 5.74) is 6.44. The van der Waals surface area contributed by atoms with Crippen molar-refractivity contribution in [1.82, 2.24) is 9.97 Å². The highest BCUT2D eigenvalue weighted by molar-refractivity contribution is 7.21. The molecule has 4 nitrogen and oxygen atoms in total. The monoisotopic (exact) mass is 194 g/mol. The van der Waals surface area contributed by atoms with Crippen LogP contribution in [0.1, 0.15) is 0 Å². The molecule has 68 valence electrons. The lowest BCUT2D eigenvalue weighted by Crippen LogP contribution is -2.09. The van der Waals surface area contributed by atoms with Crippen molar-refractivity contribution in [2.24, 2.45) is 0 Å². The van der Waals surface area contributed by atoms with Crippen molar-refractivity contribution < 1.29 is 0 Å². The van der Waals surface area contributed by atoms with Gasteiger partial charge in [0.2, 0.25) is 0 Å². The van der Waals surface area contributed by atoms with Gasteiger partial charge in [0.25, 0.3) is 0 Å². The zero-order valence-corrected chi connectivity index (χ0v) is 8.30. The Kier molecular flexibility index (Phi) is 1.81. The van der Waals surface area contributed by atoms with Gasteiger partial charge in [-0.2, -0.15) is 0 Å². The molecule has 0 aromatic carbocycles. The van der Waals surface area contributed by atoms with Crippen molar-refractivity contribution in [3.63, 3.8) is 0 Å². The standard InChI is InChI=1S/C8H10N4S/c1-12(2)6-4-3-5-7(11-6)13-8(9)10-5/h3-4H,1-2H3,(H2,9,10). The molecule has 2 aromatic rings. The van der Waals surface area contributed by atoms with Crippen molar-refractivity contribution in [2.75, 3.05) is 24.7 Å². The maximum absolute atomic E-state index is 5.57. The fourth-order valence-electron chi connectivity index (χ4n) is 1.07. The summed E-state index contributed by atoms with van der Waals surface area (Å²) in [5, 5.41) is 0.568. The maximum Gasteiger partial charge on any atom is 0.182 e. The molecule has 2 aromatic heterocycles. The van der Waals surface area contributed by atoms with Crippen LogP contribution in [-0.4, -0.2) is 24.1 Å². The van der Waals surface area contributed by atoms with Crippen LogP contribution >= 0.6 is 11.3 Å². The third kappa shape index (κ3) is 1.42. The van der Waals surface area contributed by atoms with E-state index in [0.29, 0.717) is 5.13 Å². The number of aromatic nitrogens is 2. The molecule has 5 heteroatoms. The molecule has 0 fully saturated rings. The van der Waals surface area contributed by atoms with E-state index >= 15 is 0 Å². The molecule has 0 unspecified atom stereocenters. The van der Waals surface area contributed by atoms with Gasteiger partial charge in [0.15, 0.2) is 5.13 Å². The molecule has 0 saturated heterocycles. The van der Waals surface area contributed by atoms with E-state index in [4.69, 9.17) is 5.73 Å². The molecule has 2 heterocycles. The quantitative estimate of drug-likeness (QED) is 0.744. The van der Waals surface area contributed by atoms with Gasteiger partial charge < -0.3 is 10.6 Å². The number of fused-ring (bicyclic) bond motifs is 1. The van der Waals surface area contributed by atoms with Gasteiger partial charge in [0.1, 0.15) is 16.2 Å². The van der Waals surface area contributed by atoms with Crippen molar-refractivity contribution in [3.8, 4) is 0 Å². The molecule has 0 aliphatic rings. The Bertz CT molecular complexity index is 435. The van der Waals surface area contributed by atoms with Crippen LogP contribution in [0, 0.1) is 0 Å². The predicted octanol–water partition coefficient (Wildman–Crippen LogP) is 1.34. The van der Waals surface area contributed by atoms with Gasteiger partial charge in [-0.1, -0.05) is 11.3 Å². The van der Waals surface area contributed by atoms with Crippen molar-refractivity contribution in [2.45, 2.75) is 0 Å². The number of nitrogen functional groups attached to an aromatic ring is 1. The van der Waals surface area contributed by atoms with E-state index in [2.05, 4.69) is 9.97 Å². The van der Waals surface area contributed by atoms with Gasteiger partial charge in [-0.05, 0) is 12.1 Å². The summed E-state index contributed by atoms with van der Waals surface area (Å²) < 4.78 is 0. The predicted molar refractivity (Wildman–Crippen MR) is 56.2 cm³/mol. The van der Waals surface area contributed by atoms with E-state index in [1.807, 2.05) is 31.1 Å². The first-order valence-electron chi connectivity index (χ1n) is 3.87. The molecule has 13 heavy (non-hydrogen) atoms. The SMILES string of the molecule is CN(C)c1ccc2nc(N)sc2n1. The summed E-state index contributed by atoms with van der Waals surface area (Å²) in [5.74, 6) is 0.927. The number of hydrogen-bond acceptors (Lipinski definition) is 5. The first-order valence-corrected chi connectivity index (χ1v) is 4.69. The average molecular weight is 194 g/mol. The molecule has 0 radical (unpaired) electrons. The lowest BCUT2D eigenvalue weighted by Gasteiger charge is -2.09. The van der Waals surface area contributed by atoms with Crippen LogP contribution in [0.5, 0.6) is 0 Å². The largest absolute Gasteiger partial charge is 0.375 e. The highest BCUT2D eigenvalue weighted by Gasteiger charge is 2.03. The molecule has 0 spiro atoms. The van der Waals surface area contributed by atoms with Crippen molar-refractivity contribution >= 4 is 32.6 Å². The fourth-order valence-corrected chi connectivity index (χ4v) is 1.77. The Morgan fingerprint density at radius 3 is 2.77 bits per heavy atom. The van der Waals surface area contributed by atoms with Gasteiger partial charge in [0, 0.05) is 14.1 Å². The normalized spacial score (nSPS) is 10.6. The number of pyridine rings is 1. The highest BCUT2D eigenvalue weighted by Crippen LogP contribution is 2.23. The van der Waals surface area contributed by atoms with Gasteiger partial charge in [-0.3, -0.25) is 0 Å². The minimum absolute atomic E-state index is 0.568. The van der Waals surface area contributed by atoms with Crippen LogP contribution in [0.3, 0.4) is 0 Å². The van der Waals surface area contributed by atoms with Crippen LogP contribution < -0.4 is 10.6 Å². The number of anilines is 2. The van der Waals surface area contributed by atoms with Crippen molar-refractivity contribution in [1.29, 1.82) is 0 Å². The maximum atomic E-state index is 5.57. The molecule has 2 N–H and O–H groups in total. The molecule has 0 bridgehead atoms. The summed E-state index contributed by atoms with van der Waals surface area (Å²) in [6, 6.07) is 3.87. The summed E-state index contributed by atoms with van der Waals surface area (Å²) in [4.78, 5) is 11.4. The summed E-state index contributed by atoms with van der Waals surface area (Å²) in [6.45, 7) is 0. The molecule has 2 rings (SSSR count). The molecular formula is C8H10N4S. The van der Waals surface area contributed by atoms with Gasteiger partial charge >= 0.3 is 0 Å². The van der Waals surface area contributed by atoms with Crippen LogP contribution in [0.2, 0.25) is 0 Å². The van der Waals surface area contributed by atoms with Crippen LogP contribution in [0.15, 0.2) is 12.1 Å². The Morgan fingerprint density at radius 2 is 2.08 bits per heavy atom. The summed E-state index contributed by atoms with van der Waals surface area (Å²) in [7, 11) is 3.91. The van der Waals surface area contributed by atoms with Crippen LogP contribution in [0.25, 0.3) is 10.3 Å². The number of rotatable bonds is 1. The van der Waals surface area contributed by atoms with E-state index in [0.717, 1.165) is 16.2 Å². The van der Waals surface area contributed by atoms with Crippen molar-refractivity contribution in [3.05, 3.63) is 12.1 Å². The Labute approximate surface area is 80.0 Å². The number of hydrogen-bond donors (Lipinski definition) is 1. The van der Waals surface area contributed by atoms with E-state index in [9.17, 15) is 0 Å². The second-order valence-electron chi connectivity index (χ2n) is 2.94. The van der Waals surface area contributed by atoms with E-state index in [1.54, 1.807) is 0 Å². The first kappa shape index (κ1) is 8.25. The van der Waals surface area contributed by atoms with Gasteiger partial charge in [-0.15, -0.1) is 0 Å². The molecule has 0 atom stereocenters. The Balaban J connectivity index is 2.61. The lowest BCUT2D eigenvalue weighted by molar-refractivity contribution is 1.08. The van der Waals surface area contributed by atoms with Gasteiger partial charge in [-0.25, -0.2) is 9.97 Å². The average Bonchev–Trinajstić information content (AvgIpc) is 2.42. The Hall–Kier alpha value is -1.36. The molecule has 0 saturated carbocycles. The minimum atomic E-state index is 0.568. The third-order valence-electron chi connectivity index (χ3n) is 1.72. The second-order valence-corrected chi connectivity index (χ2v) is 3.95. The van der Waals surface area contributed by atoms with E-state index in [-0.39, 0.29) is 0 Å². The zero-order chi connectivity index (χ0) is 9.42. The summed E-state index contributed by atoms with van der Waals surface area (Å²) in [6.07, 6.45) is 0. The number of thiazole rings is 1. The smallest absolute Gasteiger partial charge is 0.182 e. The lowest BCUT2D eigenvalue weighted by atomic mass is 10.4. The van der Waals surface area contributed by atoms with Crippen LogP contribution in [-0.2, 0) is 0 Å². The van der Waals surface area contributed by atoms with E-state index in [1.165, 1.54) is 11.3 Å². The Morgan fingerprint density at radius 1 is 1.31 bits per heavy atom. The van der Waals surface area contributed by atoms with Crippen LogP contribution in [0.4, 0.5) is 10.9 Å². The number of nitrogens with zero attached hydrogens (tertiary/aromatic N) is 3. The molecule has 0 aliphatic heterocycles. The molecule has 0 amide bonds. The molecule has 0 aliphatic carbocycles. The zero-order valence-electron chi connectivity index (χ0n) is 7.48. The fraction of sp³-hybridized carbons (Fsp3) is 0.250. The number of nitrogens with two attached hydrogens (primary N) is 1. The van der Waals surface area contributed by atoms with E-state index < -0.39 is 0 Å².